The zero-order valence-electron chi connectivity index (χ0n) is 13.6. The van der Waals surface area contributed by atoms with Crippen LogP contribution in [0.2, 0.25) is 5.02 Å². The van der Waals surface area contributed by atoms with Crippen molar-refractivity contribution in [1.29, 1.82) is 0 Å². The van der Waals surface area contributed by atoms with Gasteiger partial charge in [0.2, 0.25) is 5.96 Å². The predicted molar refractivity (Wildman–Crippen MR) is 97.5 cm³/mol. The molecule has 0 saturated heterocycles. The molecule has 0 aliphatic rings. The Balaban J connectivity index is 1.95. The van der Waals surface area contributed by atoms with Crippen LogP contribution in [0.3, 0.4) is 0 Å². The van der Waals surface area contributed by atoms with Gasteiger partial charge in [-0.05, 0) is 42.3 Å². The molecule has 0 aliphatic heterocycles. The van der Waals surface area contributed by atoms with Crippen molar-refractivity contribution < 1.29 is 13.2 Å². The lowest BCUT2D eigenvalue weighted by atomic mass is 10.1. The van der Waals surface area contributed by atoms with Crippen molar-refractivity contribution in [2.45, 2.75) is 13.1 Å². The molecule has 9 heteroatoms. The van der Waals surface area contributed by atoms with E-state index in [1.807, 2.05) is 0 Å². The van der Waals surface area contributed by atoms with E-state index in [-0.39, 0.29) is 5.96 Å². The van der Waals surface area contributed by atoms with Gasteiger partial charge in [-0.25, -0.2) is 5.43 Å². The first-order valence-electron chi connectivity index (χ1n) is 7.36. The van der Waals surface area contributed by atoms with E-state index < -0.39 is 11.7 Å². The van der Waals surface area contributed by atoms with Gasteiger partial charge < -0.3 is 5.73 Å². The predicted octanol–water partition coefficient (Wildman–Crippen LogP) is 4.02. The third-order valence-corrected chi connectivity index (χ3v) is 3.45. The quantitative estimate of drug-likeness (QED) is 0.477. The fourth-order valence-electron chi connectivity index (χ4n) is 1.83. The maximum Gasteiger partial charge on any atom is 0.416 e. The van der Waals surface area contributed by atoms with E-state index in [0.717, 1.165) is 17.7 Å². The van der Waals surface area contributed by atoms with Crippen LogP contribution >= 0.6 is 11.6 Å². The molecule has 0 aliphatic carbocycles. The number of halogens is 4. The van der Waals surface area contributed by atoms with Crippen molar-refractivity contribution in [1.82, 2.24) is 5.43 Å². The van der Waals surface area contributed by atoms with E-state index in [1.165, 1.54) is 18.3 Å². The monoisotopic (exact) mass is 381 g/mol. The number of hydrogen-bond donors (Lipinski definition) is 2. The van der Waals surface area contributed by atoms with Crippen molar-refractivity contribution in [3.8, 4) is 0 Å². The fourth-order valence-corrected chi connectivity index (χ4v) is 1.96. The molecular weight excluding hydrogens is 367 g/mol. The molecular formula is C17H15ClF3N5. The molecule has 0 amide bonds. The number of benzene rings is 2. The van der Waals surface area contributed by atoms with Crippen LogP contribution < -0.4 is 11.2 Å². The first-order chi connectivity index (χ1) is 12.3. The summed E-state index contributed by atoms with van der Waals surface area (Å²) >= 11 is 5.81. The Kier molecular flexibility index (Phi) is 6.35. The van der Waals surface area contributed by atoms with Gasteiger partial charge in [-0.15, -0.1) is 5.10 Å². The standard InChI is InChI=1S/C17H15ClF3N5/c1-11(13-4-8-15(18)9-5-13)24-26-16(22)25-23-10-12-2-6-14(7-3-12)17(19,20)21/h2-10H,1H3,(H3,22,25,26)/b23-10+,24-11+. The van der Waals surface area contributed by atoms with Gasteiger partial charge in [0.1, 0.15) is 0 Å². The van der Waals surface area contributed by atoms with E-state index >= 15 is 0 Å². The van der Waals surface area contributed by atoms with Gasteiger partial charge in [-0.3, -0.25) is 0 Å². The molecule has 0 spiro atoms. The van der Waals surface area contributed by atoms with E-state index in [9.17, 15) is 13.2 Å². The van der Waals surface area contributed by atoms with Crippen LogP contribution in [0.25, 0.3) is 0 Å². The van der Waals surface area contributed by atoms with Crippen molar-refractivity contribution in [2.24, 2.45) is 21.0 Å². The molecule has 2 aromatic carbocycles. The van der Waals surface area contributed by atoms with Crippen LogP contribution in [0.4, 0.5) is 13.2 Å². The van der Waals surface area contributed by atoms with Gasteiger partial charge in [0, 0.05) is 5.02 Å². The highest BCUT2D eigenvalue weighted by molar-refractivity contribution is 6.30. The second-order valence-electron chi connectivity index (χ2n) is 5.17. The van der Waals surface area contributed by atoms with Gasteiger partial charge in [0.15, 0.2) is 0 Å². The number of guanidine groups is 1. The summed E-state index contributed by atoms with van der Waals surface area (Å²) in [4.78, 5) is 0. The van der Waals surface area contributed by atoms with Gasteiger partial charge in [-0.2, -0.15) is 23.4 Å². The third-order valence-electron chi connectivity index (χ3n) is 3.20. The Labute approximate surface area is 153 Å². The Morgan fingerprint density at radius 3 is 2.23 bits per heavy atom. The number of hydrazone groups is 1. The van der Waals surface area contributed by atoms with Gasteiger partial charge in [0.25, 0.3) is 0 Å². The molecule has 2 rings (SSSR count). The van der Waals surface area contributed by atoms with Crippen LogP contribution in [0.1, 0.15) is 23.6 Å². The topological polar surface area (TPSA) is 75.1 Å². The van der Waals surface area contributed by atoms with E-state index in [1.54, 1.807) is 31.2 Å². The SMILES string of the molecule is C/C(=N\N=C(/N)N/N=C/c1ccc(C(F)(F)F)cc1)c1ccc(Cl)cc1. The van der Waals surface area contributed by atoms with Crippen molar-refractivity contribution in [3.63, 3.8) is 0 Å². The molecule has 0 aromatic heterocycles. The maximum absolute atomic E-state index is 12.5. The van der Waals surface area contributed by atoms with Crippen LogP contribution in [-0.4, -0.2) is 17.9 Å². The van der Waals surface area contributed by atoms with E-state index in [0.29, 0.717) is 16.3 Å². The zero-order chi connectivity index (χ0) is 19.2. The van der Waals surface area contributed by atoms with Crippen molar-refractivity contribution in [3.05, 3.63) is 70.2 Å². The summed E-state index contributed by atoms with van der Waals surface area (Å²) in [6.07, 6.45) is -3.05. The first-order valence-corrected chi connectivity index (χ1v) is 7.73. The molecule has 0 heterocycles. The Morgan fingerprint density at radius 2 is 1.65 bits per heavy atom. The molecule has 0 saturated carbocycles. The van der Waals surface area contributed by atoms with Gasteiger partial charge in [0.05, 0.1) is 17.5 Å². The van der Waals surface area contributed by atoms with Crippen LogP contribution in [0.15, 0.2) is 63.8 Å². The molecule has 136 valence electrons. The maximum atomic E-state index is 12.5. The Morgan fingerprint density at radius 1 is 1.04 bits per heavy atom. The number of hydrogen-bond acceptors (Lipinski definition) is 3. The molecule has 0 atom stereocenters. The number of nitrogens with zero attached hydrogens (tertiary/aromatic N) is 3. The lowest BCUT2D eigenvalue weighted by molar-refractivity contribution is -0.137. The highest BCUT2D eigenvalue weighted by Crippen LogP contribution is 2.28. The Hall–Kier alpha value is -2.87. The summed E-state index contributed by atoms with van der Waals surface area (Å²) in [5.41, 5.74) is 9.26. The summed E-state index contributed by atoms with van der Waals surface area (Å²) in [7, 11) is 0. The normalized spacial score (nSPS) is 13.3. The van der Waals surface area contributed by atoms with Gasteiger partial charge in [-0.1, -0.05) is 35.9 Å². The van der Waals surface area contributed by atoms with Gasteiger partial charge >= 0.3 is 6.18 Å². The summed E-state index contributed by atoms with van der Waals surface area (Å²) in [6, 6.07) is 11.6. The molecule has 2 aromatic rings. The highest BCUT2D eigenvalue weighted by Gasteiger charge is 2.29. The first kappa shape index (κ1) is 19.5. The average molecular weight is 382 g/mol. The van der Waals surface area contributed by atoms with E-state index in [2.05, 4.69) is 20.7 Å². The summed E-state index contributed by atoms with van der Waals surface area (Å²) < 4.78 is 37.4. The molecule has 0 unspecified atom stereocenters. The van der Waals surface area contributed by atoms with E-state index in [4.69, 9.17) is 17.3 Å². The second kappa shape index (κ2) is 8.48. The minimum Gasteiger partial charge on any atom is -0.367 e. The van der Waals surface area contributed by atoms with Crippen LogP contribution in [0, 0.1) is 0 Å². The molecule has 3 N–H and O–H groups in total. The number of alkyl halides is 3. The largest absolute Gasteiger partial charge is 0.416 e. The lowest BCUT2D eigenvalue weighted by Crippen LogP contribution is -2.26. The van der Waals surface area contributed by atoms with Crippen molar-refractivity contribution in [2.75, 3.05) is 0 Å². The number of nitrogens with two attached hydrogens (primary N) is 1. The number of rotatable bonds is 4. The minimum atomic E-state index is -4.37. The van der Waals surface area contributed by atoms with Crippen LogP contribution in [0.5, 0.6) is 0 Å². The molecule has 26 heavy (non-hydrogen) atoms. The highest BCUT2D eigenvalue weighted by atomic mass is 35.5. The van der Waals surface area contributed by atoms with Crippen molar-refractivity contribution >= 4 is 29.5 Å². The molecule has 0 bridgehead atoms. The number of nitrogens with one attached hydrogen (secondary N) is 1. The molecule has 5 nitrogen and oxygen atoms in total. The zero-order valence-corrected chi connectivity index (χ0v) is 14.4. The third kappa shape index (κ3) is 5.89. The lowest BCUT2D eigenvalue weighted by Gasteiger charge is -2.05. The summed E-state index contributed by atoms with van der Waals surface area (Å²) in [5.74, 6) is -0.0681. The average Bonchev–Trinajstić information content (AvgIpc) is 2.60. The molecule has 0 fully saturated rings. The smallest absolute Gasteiger partial charge is 0.367 e. The fraction of sp³-hybridized carbons (Fsp3) is 0.118. The van der Waals surface area contributed by atoms with Crippen LogP contribution in [-0.2, 0) is 6.18 Å². The summed E-state index contributed by atoms with van der Waals surface area (Å²) in [5, 5.41) is 12.2. The minimum absolute atomic E-state index is 0.0681. The second-order valence-corrected chi connectivity index (χ2v) is 5.60. The molecule has 0 radical (unpaired) electrons. The Bertz CT molecular complexity index is 825. The summed E-state index contributed by atoms with van der Waals surface area (Å²) in [6.45, 7) is 1.76.